The highest BCUT2D eigenvalue weighted by Gasteiger charge is 2.28. The normalized spacial score (nSPS) is 18.4. The molecule has 1 aromatic carbocycles. The van der Waals surface area contributed by atoms with Gasteiger partial charge in [0.15, 0.2) is 0 Å². The first-order valence-corrected chi connectivity index (χ1v) is 6.61. The second-order valence-electron chi connectivity index (χ2n) is 5.58. The molecule has 1 amide bonds. The molecule has 0 saturated carbocycles. The highest BCUT2D eigenvalue weighted by atomic mass is 16.1. The molecule has 0 spiro atoms. The van der Waals surface area contributed by atoms with Gasteiger partial charge in [0.25, 0.3) is 5.91 Å². The molecule has 1 aliphatic heterocycles. The van der Waals surface area contributed by atoms with Gasteiger partial charge in [-0.3, -0.25) is 4.79 Å². The van der Waals surface area contributed by atoms with Gasteiger partial charge >= 0.3 is 0 Å². The van der Waals surface area contributed by atoms with Gasteiger partial charge in [0.05, 0.1) is 0 Å². The number of carbonyl (C=O) groups excluding carboxylic acids is 1. The Morgan fingerprint density at radius 3 is 2.61 bits per heavy atom. The van der Waals surface area contributed by atoms with Crippen LogP contribution in [0.15, 0.2) is 18.2 Å². The number of hydrogen-bond donors (Lipinski definition) is 2. The highest BCUT2D eigenvalue weighted by molar-refractivity contribution is 5.96. The van der Waals surface area contributed by atoms with Crippen LogP contribution in [-0.4, -0.2) is 24.5 Å². The van der Waals surface area contributed by atoms with Crippen LogP contribution in [0, 0.1) is 13.8 Å². The minimum atomic E-state index is -0.0709. The molecular weight excluding hydrogens is 224 g/mol. The Labute approximate surface area is 109 Å². The van der Waals surface area contributed by atoms with E-state index in [9.17, 15) is 4.79 Å². The Hall–Kier alpha value is -1.35. The molecule has 0 bridgehead atoms. The van der Waals surface area contributed by atoms with Gasteiger partial charge in [0, 0.05) is 11.1 Å². The summed E-state index contributed by atoms with van der Waals surface area (Å²) in [5, 5.41) is 6.52. The number of benzene rings is 1. The lowest BCUT2D eigenvalue weighted by Gasteiger charge is -2.35. The van der Waals surface area contributed by atoms with Crippen LogP contribution in [0.1, 0.15) is 41.3 Å². The van der Waals surface area contributed by atoms with E-state index in [2.05, 4.69) is 17.6 Å². The molecule has 3 nitrogen and oxygen atoms in total. The van der Waals surface area contributed by atoms with Crippen LogP contribution in [0.3, 0.4) is 0 Å². The van der Waals surface area contributed by atoms with E-state index in [1.807, 2.05) is 32.0 Å². The fraction of sp³-hybridized carbons (Fsp3) is 0.533. The van der Waals surface area contributed by atoms with Crippen LogP contribution in [-0.2, 0) is 0 Å². The van der Waals surface area contributed by atoms with Gasteiger partial charge in [-0.2, -0.15) is 0 Å². The van der Waals surface area contributed by atoms with Crippen molar-refractivity contribution in [2.24, 2.45) is 0 Å². The number of aryl methyl sites for hydroxylation is 2. The van der Waals surface area contributed by atoms with E-state index >= 15 is 0 Å². The molecule has 1 aromatic rings. The molecule has 2 rings (SSSR count). The number of carbonyl (C=O) groups is 1. The van der Waals surface area contributed by atoms with E-state index in [1.165, 1.54) is 0 Å². The molecule has 3 heteroatoms. The summed E-state index contributed by atoms with van der Waals surface area (Å²) in [4.78, 5) is 12.4. The van der Waals surface area contributed by atoms with Crippen molar-refractivity contribution < 1.29 is 4.79 Å². The second-order valence-corrected chi connectivity index (χ2v) is 5.58. The lowest BCUT2D eigenvalue weighted by molar-refractivity contribution is 0.0887. The van der Waals surface area contributed by atoms with Gasteiger partial charge in [-0.05, 0) is 58.3 Å². The van der Waals surface area contributed by atoms with E-state index in [0.29, 0.717) is 0 Å². The van der Waals surface area contributed by atoms with Crippen LogP contribution in [0.4, 0.5) is 0 Å². The van der Waals surface area contributed by atoms with Crippen LogP contribution in [0.2, 0.25) is 0 Å². The van der Waals surface area contributed by atoms with Crippen molar-refractivity contribution in [2.45, 2.75) is 39.2 Å². The van der Waals surface area contributed by atoms with Crippen molar-refractivity contribution in [2.75, 3.05) is 13.1 Å². The van der Waals surface area contributed by atoms with Gasteiger partial charge in [0.2, 0.25) is 0 Å². The fourth-order valence-corrected chi connectivity index (χ4v) is 2.43. The van der Waals surface area contributed by atoms with Crippen molar-refractivity contribution >= 4 is 5.91 Å². The third-order valence-electron chi connectivity index (χ3n) is 3.76. The Morgan fingerprint density at radius 2 is 1.94 bits per heavy atom. The minimum absolute atomic E-state index is 0.0561. The molecule has 2 N–H and O–H groups in total. The fourth-order valence-electron chi connectivity index (χ4n) is 2.43. The number of hydrogen-bond acceptors (Lipinski definition) is 2. The topological polar surface area (TPSA) is 41.1 Å². The van der Waals surface area contributed by atoms with Crippen LogP contribution < -0.4 is 10.6 Å². The first-order chi connectivity index (χ1) is 8.50. The smallest absolute Gasteiger partial charge is 0.251 e. The van der Waals surface area contributed by atoms with Crippen molar-refractivity contribution in [1.29, 1.82) is 0 Å². The van der Waals surface area contributed by atoms with Gasteiger partial charge in [-0.25, -0.2) is 0 Å². The van der Waals surface area contributed by atoms with E-state index in [4.69, 9.17) is 0 Å². The lowest BCUT2D eigenvalue weighted by atomic mass is 9.90. The maximum absolute atomic E-state index is 12.4. The van der Waals surface area contributed by atoms with Gasteiger partial charge in [-0.15, -0.1) is 0 Å². The minimum Gasteiger partial charge on any atom is -0.347 e. The Bertz CT molecular complexity index is 448. The van der Waals surface area contributed by atoms with E-state index in [-0.39, 0.29) is 11.4 Å². The molecule has 18 heavy (non-hydrogen) atoms. The van der Waals surface area contributed by atoms with Gasteiger partial charge in [-0.1, -0.05) is 17.7 Å². The average Bonchev–Trinajstić information content (AvgIpc) is 2.32. The molecule has 1 heterocycles. The lowest BCUT2D eigenvalue weighted by Crippen LogP contribution is -2.52. The molecule has 1 saturated heterocycles. The zero-order valence-corrected chi connectivity index (χ0v) is 11.5. The number of rotatable bonds is 2. The summed E-state index contributed by atoms with van der Waals surface area (Å²) < 4.78 is 0. The van der Waals surface area contributed by atoms with Gasteiger partial charge < -0.3 is 10.6 Å². The molecule has 1 fully saturated rings. The third kappa shape index (κ3) is 2.91. The first-order valence-electron chi connectivity index (χ1n) is 6.61. The molecular formula is C15H22N2O. The first kappa shape index (κ1) is 13.1. The summed E-state index contributed by atoms with van der Waals surface area (Å²) >= 11 is 0. The highest BCUT2D eigenvalue weighted by Crippen LogP contribution is 2.19. The largest absolute Gasteiger partial charge is 0.347 e. The maximum Gasteiger partial charge on any atom is 0.251 e. The molecule has 0 aromatic heterocycles. The van der Waals surface area contributed by atoms with Crippen molar-refractivity contribution in [3.8, 4) is 0 Å². The monoisotopic (exact) mass is 246 g/mol. The summed E-state index contributed by atoms with van der Waals surface area (Å²) in [5.74, 6) is 0.0561. The number of nitrogens with one attached hydrogen (secondary N) is 2. The Balaban J connectivity index is 2.14. The van der Waals surface area contributed by atoms with E-state index in [1.54, 1.807) is 0 Å². The molecule has 98 valence electrons. The van der Waals surface area contributed by atoms with Gasteiger partial charge in [0.1, 0.15) is 0 Å². The Morgan fingerprint density at radius 1 is 1.28 bits per heavy atom. The summed E-state index contributed by atoms with van der Waals surface area (Å²) in [6.45, 7) is 8.09. The predicted octanol–water partition coefficient (Wildman–Crippen LogP) is 2.18. The number of amides is 1. The van der Waals surface area contributed by atoms with Crippen LogP contribution in [0.25, 0.3) is 0 Å². The molecule has 1 aliphatic rings. The van der Waals surface area contributed by atoms with Crippen molar-refractivity contribution in [3.63, 3.8) is 0 Å². The number of piperidine rings is 1. The summed E-state index contributed by atoms with van der Waals surface area (Å²) in [6, 6.07) is 6.02. The Kier molecular flexibility index (Phi) is 3.71. The average molecular weight is 246 g/mol. The molecule has 0 radical (unpaired) electrons. The SMILES string of the molecule is Cc1ccc(C)c(C(=O)NC2(C)CCNCC2)c1. The summed E-state index contributed by atoms with van der Waals surface area (Å²) in [7, 11) is 0. The second kappa shape index (κ2) is 5.11. The summed E-state index contributed by atoms with van der Waals surface area (Å²) in [6.07, 6.45) is 1.98. The quantitative estimate of drug-likeness (QED) is 0.839. The van der Waals surface area contributed by atoms with E-state index < -0.39 is 0 Å². The third-order valence-corrected chi connectivity index (χ3v) is 3.76. The van der Waals surface area contributed by atoms with Crippen LogP contribution in [0.5, 0.6) is 0 Å². The van der Waals surface area contributed by atoms with Crippen molar-refractivity contribution in [3.05, 3.63) is 34.9 Å². The zero-order chi connectivity index (χ0) is 13.2. The zero-order valence-electron chi connectivity index (χ0n) is 11.5. The van der Waals surface area contributed by atoms with E-state index in [0.717, 1.165) is 42.6 Å². The molecule has 0 unspecified atom stereocenters. The molecule has 0 aliphatic carbocycles. The molecule has 0 atom stereocenters. The predicted molar refractivity (Wildman–Crippen MR) is 73.9 cm³/mol. The van der Waals surface area contributed by atoms with Crippen LogP contribution >= 0.6 is 0 Å². The maximum atomic E-state index is 12.4. The standard InChI is InChI=1S/C15H22N2O/c1-11-4-5-12(2)13(10-11)14(18)17-15(3)6-8-16-9-7-15/h4-5,10,16H,6-9H2,1-3H3,(H,17,18). The van der Waals surface area contributed by atoms with Crippen molar-refractivity contribution in [1.82, 2.24) is 10.6 Å². The summed E-state index contributed by atoms with van der Waals surface area (Å²) in [5.41, 5.74) is 2.89.